The Balaban J connectivity index is 2.06. The van der Waals surface area contributed by atoms with E-state index in [9.17, 15) is 8.78 Å². The van der Waals surface area contributed by atoms with Gasteiger partial charge in [0.25, 0.3) is 6.43 Å². The number of pyridine rings is 1. The maximum absolute atomic E-state index is 13.7. The van der Waals surface area contributed by atoms with Gasteiger partial charge >= 0.3 is 0 Å². The van der Waals surface area contributed by atoms with Gasteiger partial charge in [-0.1, -0.05) is 54.6 Å². The molecule has 114 valence electrons. The fourth-order valence-electron chi connectivity index (χ4n) is 3.51. The van der Waals surface area contributed by atoms with Gasteiger partial charge in [0, 0.05) is 22.7 Å². The number of halogens is 2. The lowest BCUT2D eigenvalue weighted by Gasteiger charge is -2.17. The SMILES string of the molecule is Cc1cc(C(F)F)c2c(n1)-c1ccccc1C2c1ccccc1. The minimum atomic E-state index is -2.51. The predicted octanol–water partition coefficient (Wildman–Crippen LogP) is 5.49. The number of aryl methyl sites for hydroxylation is 1. The number of hydrogen-bond acceptors (Lipinski definition) is 1. The Morgan fingerprint density at radius 2 is 1.65 bits per heavy atom. The Morgan fingerprint density at radius 3 is 2.39 bits per heavy atom. The van der Waals surface area contributed by atoms with Crippen molar-refractivity contribution in [3.05, 3.63) is 88.6 Å². The molecule has 23 heavy (non-hydrogen) atoms. The molecule has 0 aliphatic heterocycles. The molecule has 1 heterocycles. The highest BCUT2D eigenvalue weighted by atomic mass is 19.3. The Labute approximate surface area is 133 Å². The molecule has 0 saturated heterocycles. The Hall–Kier alpha value is -2.55. The van der Waals surface area contributed by atoms with Crippen molar-refractivity contribution in [1.29, 1.82) is 0 Å². The van der Waals surface area contributed by atoms with Crippen molar-refractivity contribution in [1.82, 2.24) is 4.98 Å². The first-order valence-corrected chi connectivity index (χ1v) is 7.60. The molecule has 0 bridgehead atoms. The second kappa shape index (κ2) is 5.27. The number of aromatic nitrogens is 1. The molecule has 1 atom stereocenters. The third kappa shape index (κ3) is 2.15. The summed E-state index contributed by atoms with van der Waals surface area (Å²) in [6.07, 6.45) is -2.51. The van der Waals surface area contributed by atoms with Gasteiger partial charge in [-0.2, -0.15) is 0 Å². The summed E-state index contributed by atoms with van der Waals surface area (Å²) >= 11 is 0. The van der Waals surface area contributed by atoms with Crippen LogP contribution in [0.3, 0.4) is 0 Å². The van der Waals surface area contributed by atoms with Crippen LogP contribution in [0.5, 0.6) is 0 Å². The zero-order valence-electron chi connectivity index (χ0n) is 12.6. The van der Waals surface area contributed by atoms with E-state index in [1.165, 1.54) is 6.07 Å². The summed E-state index contributed by atoms with van der Waals surface area (Å²) in [6.45, 7) is 1.77. The van der Waals surface area contributed by atoms with Crippen LogP contribution >= 0.6 is 0 Å². The smallest absolute Gasteiger partial charge is 0.253 e. The van der Waals surface area contributed by atoms with Crippen LogP contribution in [0.1, 0.15) is 40.3 Å². The first-order valence-electron chi connectivity index (χ1n) is 7.60. The summed E-state index contributed by atoms with van der Waals surface area (Å²) in [6, 6.07) is 19.2. The van der Waals surface area contributed by atoms with E-state index < -0.39 is 6.43 Å². The lowest BCUT2D eigenvalue weighted by molar-refractivity contribution is 0.150. The highest BCUT2D eigenvalue weighted by Crippen LogP contribution is 2.50. The van der Waals surface area contributed by atoms with Crippen LogP contribution in [0.4, 0.5) is 8.78 Å². The quantitative estimate of drug-likeness (QED) is 0.477. The minimum Gasteiger partial charge on any atom is -0.253 e. The van der Waals surface area contributed by atoms with Crippen molar-refractivity contribution in [2.24, 2.45) is 0 Å². The summed E-state index contributed by atoms with van der Waals surface area (Å²) in [5, 5.41) is 0. The van der Waals surface area contributed by atoms with Crippen molar-refractivity contribution in [2.75, 3.05) is 0 Å². The summed E-state index contributed by atoms with van der Waals surface area (Å²) in [7, 11) is 0. The Bertz CT molecular complexity index is 872. The molecule has 4 rings (SSSR count). The van der Waals surface area contributed by atoms with Gasteiger partial charge in [0.05, 0.1) is 5.69 Å². The predicted molar refractivity (Wildman–Crippen MR) is 86.8 cm³/mol. The summed E-state index contributed by atoms with van der Waals surface area (Å²) in [5.41, 5.74) is 5.10. The third-order valence-corrected chi connectivity index (χ3v) is 4.40. The molecule has 0 N–H and O–H groups in total. The maximum Gasteiger partial charge on any atom is 0.264 e. The molecule has 1 aliphatic carbocycles. The van der Waals surface area contributed by atoms with E-state index in [0.29, 0.717) is 17.0 Å². The molecule has 1 aliphatic rings. The molecule has 3 aromatic rings. The standard InChI is InChI=1S/C20H15F2N/c1-12-11-16(20(21)22)18-17(13-7-3-2-4-8-13)14-9-5-6-10-15(14)19(18)23-12/h2-11,17,20H,1H3. The van der Waals surface area contributed by atoms with Crippen molar-refractivity contribution in [3.8, 4) is 11.3 Å². The number of hydrogen-bond donors (Lipinski definition) is 0. The Kier molecular flexibility index (Phi) is 3.22. The van der Waals surface area contributed by atoms with Crippen molar-refractivity contribution in [2.45, 2.75) is 19.3 Å². The molecule has 0 fully saturated rings. The average molecular weight is 307 g/mol. The van der Waals surface area contributed by atoms with E-state index >= 15 is 0 Å². The van der Waals surface area contributed by atoms with Crippen molar-refractivity contribution >= 4 is 0 Å². The van der Waals surface area contributed by atoms with Crippen LogP contribution in [0.25, 0.3) is 11.3 Å². The van der Waals surface area contributed by atoms with Gasteiger partial charge in [0.15, 0.2) is 0 Å². The zero-order valence-corrected chi connectivity index (χ0v) is 12.6. The Morgan fingerprint density at radius 1 is 0.957 bits per heavy atom. The summed E-state index contributed by atoms with van der Waals surface area (Å²) in [5.74, 6) is -0.181. The summed E-state index contributed by atoms with van der Waals surface area (Å²) < 4.78 is 27.4. The van der Waals surface area contributed by atoms with Crippen LogP contribution < -0.4 is 0 Å². The number of nitrogens with zero attached hydrogens (tertiary/aromatic N) is 1. The second-order valence-electron chi connectivity index (χ2n) is 5.85. The largest absolute Gasteiger partial charge is 0.264 e. The van der Waals surface area contributed by atoms with E-state index in [4.69, 9.17) is 0 Å². The second-order valence-corrected chi connectivity index (χ2v) is 5.85. The lowest BCUT2D eigenvalue weighted by atomic mass is 9.87. The van der Waals surface area contributed by atoms with Gasteiger partial charge in [-0.05, 0) is 29.7 Å². The molecule has 1 unspecified atom stereocenters. The van der Waals surface area contributed by atoms with Crippen LogP contribution in [0.2, 0.25) is 0 Å². The van der Waals surface area contributed by atoms with Crippen LogP contribution in [0.15, 0.2) is 60.7 Å². The zero-order chi connectivity index (χ0) is 16.0. The van der Waals surface area contributed by atoms with Gasteiger partial charge in [-0.15, -0.1) is 0 Å². The van der Waals surface area contributed by atoms with Gasteiger partial charge in [0.1, 0.15) is 0 Å². The minimum absolute atomic E-state index is 0.0950. The van der Waals surface area contributed by atoms with E-state index in [-0.39, 0.29) is 11.5 Å². The van der Waals surface area contributed by atoms with Gasteiger partial charge in [-0.3, -0.25) is 4.98 Å². The fraction of sp³-hybridized carbons (Fsp3) is 0.150. The van der Waals surface area contributed by atoms with Crippen LogP contribution in [0, 0.1) is 6.92 Å². The number of fused-ring (bicyclic) bond motifs is 3. The number of benzene rings is 2. The third-order valence-electron chi connectivity index (χ3n) is 4.40. The molecular formula is C20H15F2N. The van der Waals surface area contributed by atoms with Crippen LogP contribution in [-0.2, 0) is 0 Å². The molecule has 1 aromatic heterocycles. The van der Waals surface area contributed by atoms with Gasteiger partial charge in [0.2, 0.25) is 0 Å². The van der Waals surface area contributed by atoms with E-state index in [0.717, 1.165) is 16.7 Å². The molecule has 0 spiro atoms. The molecule has 0 amide bonds. The number of alkyl halides is 2. The highest BCUT2D eigenvalue weighted by molar-refractivity contribution is 5.79. The van der Waals surface area contributed by atoms with Crippen molar-refractivity contribution < 1.29 is 8.78 Å². The molecule has 3 heteroatoms. The van der Waals surface area contributed by atoms with Gasteiger partial charge in [-0.25, -0.2) is 8.78 Å². The topological polar surface area (TPSA) is 12.9 Å². The lowest BCUT2D eigenvalue weighted by Crippen LogP contribution is -2.04. The first-order chi connectivity index (χ1) is 11.2. The first kappa shape index (κ1) is 14.1. The monoisotopic (exact) mass is 307 g/mol. The van der Waals surface area contributed by atoms with E-state index in [2.05, 4.69) is 4.98 Å². The molecule has 0 saturated carbocycles. The molecule has 0 radical (unpaired) electrons. The summed E-state index contributed by atoms with van der Waals surface area (Å²) in [4.78, 5) is 4.58. The molecular weight excluding hydrogens is 292 g/mol. The maximum atomic E-state index is 13.7. The van der Waals surface area contributed by atoms with E-state index in [1.807, 2.05) is 54.6 Å². The average Bonchev–Trinajstić information content (AvgIpc) is 2.89. The van der Waals surface area contributed by atoms with Gasteiger partial charge < -0.3 is 0 Å². The molecule has 1 nitrogen and oxygen atoms in total. The number of rotatable bonds is 2. The van der Waals surface area contributed by atoms with Crippen LogP contribution in [-0.4, -0.2) is 4.98 Å². The fourth-order valence-corrected chi connectivity index (χ4v) is 3.51. The normalized spacial score (nSPS) is 15.6. The van der Waals surface area contributed by atoms with E-state index in [1.54, 1.807) is 6.92 Å². The highest BCUT2D eigenvalue weighted by Gasteiger charge is 2.35. The van der Waals surface area contributed by atoms with Crippen molar-refractivity contribution in [3.63, 3.8) is 0 Å². The molecule has 2 aromatic carbocycles.